The van der Waals surface area contributed by atoms with Gasteiger partial charge in [0.05, 0.1) is 0 Å². The van der Waals surface area contributed by atoms with Gasteiger partial charge in [0.1, 0.15) is 11.6 Å². The molecule has 4 heteroatoms. The van der Waals surface area contributed by atoms with Gasteiger partial charge in [-0.25, -0.2) is 4.79 Å². The van der Waals surface area contributed by atoms with E-state index in [-0.39, 0.29) is 17.8 Å². The molecule has 0 aromatic carbocycles. The van der Waals surface area contributed by atoms with Crippen LogP contribution in [0.5, 0.6) is 0 Å². The van der Waals surface area contributed by atoms with Gasteiger partial charge in [0.2, 0.25) is 5.91 Å². The second-order valence-corrected chi connectivity index (χ2v) is 4.96. The van der Waals surface area contributed by atoms with Crippen LogP contribution in [-0.4, -0.2) is 23.5 Å². The Hall–Kier alpha value is -1.06. The summed E-state index contributed by atoms with van der Waals surface area (Å²) in [6, 6.07) is -0.568. The molecule has 88 valence electrons. The van der Waals surface area contributed by atoms with E-state index in [9.17, 15) is 9.59 Å². The molecule has 0 aliphatic heterocycles. The van der Waals surface area contributed by atoms with Crippen LogP contribution in [0.3, 0.4) is 0 Å². The third kappa shape index (κ3) is 6.10. The second kappa shape index (κ2) is 5.14. The number of carbonyl (C=O) groups is 2. The van der Waals surface area contributed by atoms with Crippen molar-refractivity contribution < 1.29 is 14.3 Å². The third-order valence-corrected chi connectivity index (χ3v) is 1.69. The van der Waals surface area contributed by atoms with Crippen molar-refractivity contribution in [3.05, 3.63) is 0 Å². The zero-order valence-corrected chi connectivity index (χ0v) is 10.4. The van der Waals surface area contributed by atoms with Gasteiger partial charge >= 0.3 is 5.97 Å². The molecule has 0 rings (SSSR count). The molecule has 0 fully saturated rings. The van der Waals surface area contributed by atoms with Crippen molar-refractivity contribution in [1.29, 1.82) is 0 Å². The standard InChI is InChI=1S/C11H21NO3/c1-7(2)9(12-8(3)13)10(14)15-11(4,5)6/h7,9H,1-6H3,(H,12,13)/t9-/m0/s1. The molecule has 1 atom stereocenters. The number of amides is 1. The first-order chi connectivity index (χ1) is 6.63. The lowest BCUT2D eigenvalue weighted by atomic mass is 10.0. The molecule has 0 spiro atoms. The number of carbonyl (C=O) groups excluding carboxylic acids is 2. The van der Waals surface area contributed by atoms with Crippen molar-refractivity contribution in [2.24, 2.45) is 5.92 Å². The Kier molecular flexibility index (Phi) is 4.78. The van der Waals surface area contributed by atoms with Crippen LogP contribution >= 0.6 is 0 Å². The summed E-state index contributed by atoms with van der Waals surface area (Å²) in [5.74, 6) is -0.587. The zero-order chi connectivity index (χ0) is 12.2. The minimum Gasteiger partial charge on any atom is -0.458 e. The van der Waals surface area contributed by atoms with Crippen molar-refractivity contribution in [1.82, 2.24) is 5.32 Å². The van der Waals surface area contributed by atoms with Crippen LogP contribution in [0.2, 0.25) is 0 Å². The third-order valence-electron chi connectivity index (χ3n) is 1.69. The summed E-state index contributed by atoms with van der Waals surface area (Å²) in [4.78, 5) is 22.6. The van der Waals surface area contributed by atoms with Crippen LogP contribution in [0, 0.1) is 5.92 Å². The maximum atomic E-state index is 11.7. The molecular formula is C11H21NO3. The van der Waals surface area contributed by atoms with Gasteiger partial charge < -0.3 is 10.1 Å². The van der Waals surface area contributed by atoms with Gasteiger partial charge in [-0.2, -0.15) is 0 Å². The summed E-state index contributed by atoms with van der Waals surface area (Å²) in [6.07, 6.45) is 0. The number of hydrogen-bond acceptors (Lipinski definition) is 3. The second-order valence-electron chi connectivity index (χ2n) is 4.96. The Balaban J connectivity index is 4.50. The highest BCUT2D eigenvalue weighted by Crippen LogP contribution is 2.12. The molecule has 0 bridgehead atoms. The van der Waals surface area contributed by atoms with Crippen molar-refractivity contribution in [2.75, 3.05) is 0 Å². The molecule has 15 heavy (non-hydrogen) atoms. The topological polar surface area (TPSA) is 55.4 Å². The molecule has 0 aliphatic rings. The Bertz CT molecular complexity index is 241. The van der Waals surface area contributed by atoms with Gasteiger partial charge in [0.25, 0.3) is 0 Å². The van der Waals surface area contributed by atoms with Crippen LogP contribution in [-0.2, 0) is 14.3 Å². The number of ether oxygens (including phenoxy) is 1. The van der Waals surface area contributed by atoms with Gasteiger partial charge in [0, 0.05) is 6.92 Å². The van der Waals surface area contributed by atoms with Gasteiger partial charge in [-0.05, 0) is 26.7 Å². The van der Waals surface area contributed by atoms with Crippen molar-refractivity contribution in [2.45, 2.75) is 53.2 Å². The smallest absolute Gasteiger partial charge is 0.329 e. The maximum Gasteiger partial charge on any atom is 0.329 e. The molecule has 1 amide bonds. The first kappa shape index (κ1) is 13.9. The Morgan fingerprint density at radius 2 is 1.67 bits per heavy atom. The first-order valence-electron chi connectivity index (χ1n) is 5.13. The van der Waals surface area contributed by atoms with Crippen LogP contribution in [0.1, 0.15) is 41.5 Å². The fourth-order valence-corrected chi connectivity index (χ4v) is 1.08. The lowest BCUT2D eigenvalue weighted by Crippen LogP contribution is -2.46. The van der Waals surface area contributed by atoms with Crippen LogP contribution < -0.4 is 5.32 Å². The predicted molar refractivity (Wildman–Crippen MR) is 58.3 cm³/mol. The summed E-state index contributed by atoms with van der Waals surface area (Å²) < 4.78 is 5.21. The SMILES string of the molecule is CC(=O)N[C@H](C(=O)OC(C)(C)C)C(C)C. The normalized spacial score (nSPS) is 13.5. The van der Waals surface area contributed by atoms with E-state index in [2.05, 4.69) is 5.32 Å². The highest BCUT2D eigenvalue weighted by atomic mass is 16.6. The molecule has 4 nitrogen and oxygen atoms in total. The fraction of sp³-hybridized carbons (Fsp3) is 0.818. The molecule has 0 aromatic rings. The van der Waals surface area contributed by atoms with Crippen molar-refractivity contribution in [3.63, 3.8) is 0 Å². The summed E-state index contributed by atoms with van der Waals surface area (Å²) in [6.45, 7) is 10.5. The fourth-order valence-electron chi connectivity index (χ4n) is 1.08. The average molecular weight is 215 g/mol. The quantitative estimate of drug-likeness (QED) is 0.726. The lowest BCUT2D eigenvalue weighted by molar-refractivity contribution is -0.159. The molecular weight excluding hydrogens is 194 g/mol. The summed E-state index contributed by atoms with van der Waals surface area (Å²) in [7, 11) is 0. The number of esters is 1. The largest absolute Gasteiger partial charge is 0.458 e. The lowest BCUT2D eigenvalue weighted by Gasteiger charge is -2.26. The number of nitrogens with one attached hydrogen (secondary N) is 1. The number of hydrogen-bond donors (Lipinski definition) is 1. The molecule has 0 radical (unpaired) electrons. The first-order valence-corrected chi connectivity index (χ1v) is 5.13. The average Bonchev–Trinajstić information content (AvgIpc) is 1.95. The van der Waals surface area contributed by atoms with Gasteiger partial charge in [-0.15, -0.1) is 0 Å². The Labute approximate surface area is 91.4 Å². The van der Waals surface area contributed by atoms with E-state index in [1.807, 2.05) is 13.8 Å². The van der Waals surface area contributed by atoms with Crippen LogP contribution in [0.25, 0.3) is 0 Å². The summed E-state index contributed by atoms with van der Waals surface area (Å²) >= 11 is 0. The number of rotatable bonds is 3. The highest BCUT2D eigenvalue weighted by molar-refractivity contribution is 5.83. The van der Waals surface area contributed by atoms with Gasteiger partial charge in [0.15, 0.2) is 0 Å². The molecule has 0 saturated carbocycles. The van der Waals surface area contributed by atoms with Crippen molar-refractivity contribution >= 4 is 11.9 Å². The van der Waals surface area contributed by atoms with E-state index in [1.165, 1.54) is 6.92 Å². The summed E-state index contributed by atoms with van der Waals surface area (Å²) in [5.41, 5.74) is -0.525. The van der Waals surface area contributed by atoms with E-state index in [0.717, 1.165) is 0 Å². The minimum atomic E-state index is -0.568. The molecule has 0 aliphatic carbocycles. The van der Waals surface area contributed by atoms with Gasteiger partial charge in [-0.3, -0.25) is 4.79 Å². The predicted octanol–water partition coefficient (Wildman–Crippen LogP) is 1.49. The monoisotopic (exact) mass is 215 g/mol. The van der Waals surface area contributed by atoms with E-state index >= 15 is 0 Å². The van der Waals surface area contributed by atoms with E-state index in [0.29, 0.717) is 0 Å². The molecule has 0 saturated heterocycles. The van der Waals surface area contributed by atoms with E-state index < -0.39 is 11.6 Å². The Morgan fingerprint density at radius 1 is 1.20 bits per heavy atom. The minimum absolute atomic E-state index is 0.0174. The molecule has 0 aromatic heterocycles. The molecule has 1 N–H and O–H groups in total. The summed E-state index contributed by atoms with van der Waals surface area (Å²) in [5, 5.41) is 2.59. The van der Waals surface area contributed by atoms with E-state index in [1.54, 1.807) is 20.8 Å². The Morgan fingerprint density at radius 3 is 1.93 bits per heavy atom. The van der Waals surface area contributed by atoms with Crippen LogP contribution in [0.4, 0.5) is 0 Å². The highest BCUT2D eigenvalue weighted by Gasteiger charge is 2.28. The maximum absolute atomic E-state index is 11.7. The molecule has 0 unspecified atom stereocenters. The van der Waals surface area contributed by atoms with Crippen molar-refractivity contribution in [3.8, 4) is 0 Å². The van der Waals surface area contributed by atoms with E-state index in [4.69, 9.17) is 4.74 Å². The molecule has 0 heterocycles. The zero-order valence-electron chi connectivity index (χ0n) is 10.4. The van der Waals surface area contributed by atoms with Crippen LogP contribution in [0.15, 0.2) is 0 Å². The van der Waals surface area contributed by atoms with Gasteiger partial charge in [-0.1, -0.05) is 13.8 Å².